The van der Waals surface area contributed by atoms with E-state index in [9.17, 15) is 9.59 Å². The summed E-state index contributed by atoms with van der Waals surface area (Å²) >= 11 is 3.69. The number of hydrogen-bond acceptors (Lipinski definition) is 3. The first-order chi connectivity index (χ1) is 4.46. The molecule has 1 atom stereocenters. The third kappa shape index (κ3) is 2.26. The van der Waals surface area contributed by atoms with Crippen LogP contribution in [0.1, 0.15) is 0 Å². The summed E-state index contributed by atoms with van der Waals surface area (Å²) in [7, 11) is 3.07. The maximum Gasteiger partial charge on any atom is 0.244 e. The highest BCUT2D eigenvalue weighted by atomic mass is 32.1. The van der Waals surface area contributed by atoms with E-state index in [-0.39, 0.29) is 0 Å². The molecule has 0 radical (unpaired) electrons. The maximum absolute atomic E-state index is 10.8. The minimum Gasteiger partial charge on any atom is -0.368 e. The van der Waals surface area contributed by atoms with Crippen molar-refractivity contribution < 1.29 is 9.59 Å². The van der Waals surface area contributed by atoms with E-state index in [1.54, 1.807) is 0 Å². The Morgan fingerprint density at radius 1 is 1.50 bits per heavy atom. The van der Waals surface area contributed by atoms with E-state index < -0.39 is 17.1 Å². The van der Waals surface area contributed by atoms with E-state index in [4.69, 9.17) is 5.73 Å². The van der Waals surface area contributed by atoms with Crippen molar-refractivity contribution in [3.05, 3.63) is 0 Å². The smallest absolute Gasteiger partial charge is 0.244 e. The van der Waals surface area contributed by atoms with Crippen LogP contribution in [0.2, 0.25) is 0 Å². The Balaban J connectivity index is 4.08. The number of carbonyl (C=O) groups excluding carboxylic acids is 2. The Kier molecular flexibility index (Phi) is 3.21. The van der Waals surface area contributed by atoms with E-state index >= 15 is 0 Å². The van der Waals surface area contributed by atoms with Crippen LogP contribution in [0.5, 0.6) is 0 Å². The van der Waals surface area contributed by atoms with Gasteiger partial charge in [0.1, 0.15) is 0 Å². The lowest BCUT2D eigenvalue weighted by molar-refractivity contribution is -0.132. The van der Waals surface area contributed by atoms with Crippen LogP contribution in [-0.2, 0) is 9.59 Å². The summed E-state index contributed by atoms with van der Waals surface area (Å²) in [5.41, 5.74) is 4.81. The molecule has 0 aromatic heterocycles. The average Bonchev–Trinajstić information content (AvgIpc) is 1.84. The van der Waals surface area contributed by atoms with Crippen molar-refractivity contribution in [3.8, 4) is 0 Å². The summed E-state index contributed by atoms with van der Waals surface area (Å²) in [4.78, 5) is 22.4. The Hall–Kier alpha value is -0.710. The number of nitrogens with zero attached hydrogens (tertiary/aromatic N) is 1. The summed E-state index contributed by atoms with van der Waals surface area (Å²) in [5, 5.41) is -1.02. The van der Waals surface area contributed by atoms with Gasteiger partial charge in [0, 0.05) is 14.1 Å². The third-order valence-corrected chi connectivity index (χ3v) is 1.42. The van der Waals surface area contributed by atoms with Crippen molar-refractivity contribution in [1.29, 1.82) is 0 Å². The van der Waals surface area contributed by atoms with Gasteiger partial charge >= 0.3 is 0 Å². The molecular formula is C5H10N2O2S. The fraction of sp³-hybridized carbons (Fsp3) is 0.600. The summed E-state index contributed by atoms with van der Waals surface area (Å²) in [6.45, 7) is 0. The second kappa shape index (κ2) is 3.46. The van der Waals surface area contributed by atoms with Gasteiger partial charge in [-0.1, -0.05) is 0 Å². The van der Waals surface area contributed by atoms with Gasteiger partial charge in [0.05, 0.1) is 0 Å². The summed E-state index contributed by atoms with van der Waals surface area (Å²) in [5.74, 6) is -1.11. The molecule has 4 nitrogen and oxygen atoms in total. The molecule has 0 aliphatic carbocycles. The van der Waals surface area contributed by atoms with Gasteiger partial charge in [-0.25, -0.2) is 0 Å². The normalized spacial score (nSPS) is 12.3. The third-order valence-electron chi connectivity index (χ3n) is 0.944. The molecule has 0 aliphatic rings. The fourth-order valence-electron chi connectivity index (χ4n) is 0.366. The van der Waals surface area contributed by atoms with Crippen LogP contribution >= 0.6 is 12.6 Å². The van der Waals surface area contributed by atoms with Crippen molar-refractivity contribution in [2.45, 2.75) is 5.25 Å². The monoisotopic (exact) mass is 162 g/mol. The van der Waals surface area contributed by atoms with Crippen LogP contribution in [0.4, 0.5) is 0 Å². The van der Waals surface area contributed by atoms with Crippen molar-refractivity contribution in [1.82, 2.24) is 4.90 Å². The number of rotatable bonds is 2. The zero-order chi connectivity index (χ0) is 8.31. The lowest BCUT2D eigenvalue weighted by Gasteiger charge is -2.12. The van der Waals surface area contributed by atoms with E-state index in [0.29, 0.717) is 0 Å². The van der Waals surface area contributed by atoms with Crippen LogP contribution in [0.3, 0.4) is 0 Å². The van der Waals surface area contributed by atoms with Crippen molar-refractivity contribution in [2.75, 3.05) is 14.1 Å². The van der Waals surface area contributed by atoms with Gasteiger partial charge in [-0.05, 0) is 0 Å². The lowest BCUT2D eigenvalue weighted by atomic mass is 10.3. The number of primary amides is 1. The van der Waals surface area contributed by atoms with Gasteiger partial charge in [-0.2, -0.15) is 12.6 Å². The van der Waals surface area contributed by atoms with Gasteiger partial charge < -0.3 is 10.6 Å². The van der Waals surface area contributed by atoms with Crippen LogP contribution < -0.4 is 5.73 Å². The molecule has 5 heteroatoms. The summed E-state index contributed by atoms with van der Waals surface area (Å²) < 4.78 is 0. The number of nitrogens with two attached hydrogens (primary N) is 1. The standard InChI is InChI=1S/C5H10N2O2S/c1-7(2)5(9)3(10)4(6)8/h3,10H,1-2H3,(H2,6,8). The first-order valence-electron chi connectivity index (χ1n) is 2.65. The Morgan fingerprint density at radius 2 is 1.90 bits per heavy atom. The second-order valence-electron chi connectivity index (χ2n) is 2.04. The molecule has 2 N–H and O–H groups in total. The highest BCUT2D eigenvalue weighted by Gasteiger charge is 2.20. The molecule has 58 valence electrons. The Morgan fingerprint density at radius 3 is 2.00 bits per heavy atom. The molecule has 0 aromatic rings. The molecule has 0 heterocycles. The fourth-order valence-corrected chi connectivity index (χ4v) is 0.597. The summed E-state index contributed by atoms with van der Waals surface area (Å²) in [6.07, 6.45) is 0. The molecule has 0 saturated heterocycles. The minimum absolute atomic E-state index is 0.393. The summed E-state index contributed by atoms with van der Waals surface area (Å²) in [6, 6.07) is 0. The van der Waals surface area contributed by atoms with Crippen LogP contribution in [0.15, 0.2) is 0 Å². The van der Waals surface area contributed by atoms with Gasteiger partial charge in [-0.15, -0.1) is 0 Å². The number of hydrogen-bond donors (Lipinski definition) is 2. The van der Waals surface area contributed by atoms with Gasteiger partial charge in [0.15, 0.2) is 5.25 Å². The highest BCUT2D eigenvalue weighted by Crippen LogP contribution is 1.96. The minimum atomic E-state index is -1.02. The first kappa shape index (κ1) is 9.29. The van der Waals surface area contributed by atoms with E-state index in [2.05, 4.69) is 12.6 Å². The molecule has 0 aromatic carbocycles. The number of amides is 2. The molecule has 0 bridgehead atoms. The quantitative estimate of drug-likeness (QED) is 0.398. The molecule has 0 fully saturated rings. The van der Waals surface area contributed by atoms with Gasteiger partial charge in [0.2, 0.25) is 11.8 Å². The number of carbonyl (C=O) groups is 2. The van der Waals surface area contributed by atoms with Crippen molar-refractivity contribution in [2.24, 2.45) is 5.73 Å². The van der Waals surface area contributed by atoms with Gasteiger partial charge in [0.25, 0.3) is 0 Å². The Bertz CT molecular complexity index is 158. The highest BCUT2D eigenvalue weighted by molar-refractivity contribution is 7.82. The molecule has 1 unspecified atom stereocenters. The van der Waals surface area contributed by atoms with Crippen LogP contribution in [0.25, 0.3) is 0 Å². The molecule has 0 aliphatic heterocycles. The molecule has 10 heavy (non-hydrogen) atoms. The first-order valence-corrected chi connectivity index (χ1v) is 3.17. The number of thiol groups is 1. The predicted octanol–water partition coefficient (Wildman–Crippen LogP) is -1.14. The Labute approximate surface area is 64.8 Å². The van der Waals surface area contributed by atoms with E-state index in [1.165, 1.54) is 19.0 Å². The van der Waals surface area contributed by atoms with Crippen LogP contribution in [-0.4, -0.2) is 36.1 Å². The van der Waals surface area contributed by atoms with Crippen molar-refractivity contribution >= 4 is 24.4 Å². The van der Waals surface area contributed by atoms with Crippen molar-refractivity contribution in [3.63, 3.8) is 0 Å². The predicted molar refractivity (Wildman–Crippen MR) is 40.7 cm³/mol. The second-order valence-corrected chi connectivity index (χ2v) is 2.55. The lowest BCUT2D eigenvalue weighted by Crippen LogP contribution is -2.39. The SMILES string of the molecule is CN(C)C(=O)C(S)C(N)=O. The maximum atomic E-state index is 10.8. The van der Waals surface area contributed by atoms with Crippen LogP contribution in [0, 0.1) is 0 Å². The zero-order valence-electron chi connectivity index (χ0n) is 5.87. The zero-order valence-corrected chi connectivity index (χ0v) is 6.76. The molecule has 0 saturated carbocycles. The van der Waals surface area contributed by atoms with E-state index in [1.807, 2.05) is 0 Å². The average molecular weight is 162 g/mol. The molecule has 0 rings (SSSR count). The molecule has 2 amide bonds. The van der Waals surface area contributed by atoms with Gasteiger partial charge in [-0.3, -0.25) is 9.59 Å². The van der Waals surface area contributed by atoms with E-state index in [0.717, 1.165) is 0 Å². The molecule has 0 spiro atoms. The molecular weight excluding hydrogens is 152 g/mol. The largest absolute Gasteiger partial charge is 0.368 e. The topological polar surface area (TPSA) is 63.4 Å².